The Bertz CT molecular complexity index is 691. The Morgan fingerprint density at radius 2 is 2.26 bits per heavy atom. The van der Waals surface area contributed by atoms with Crippen LogP contribution in [-0.2, 0) is 10.0 Å². The standard InChI is InChI=1S/C8H8N4O5S2/c1-9-8-5(12(13)14)4-7(18-8)19(15,16)11-6-2-3-17-10-6/h2-4,9H,1H3,(H,10,11). The van der Waals surface area contributed by atoms with Crippen molar-refractivity contribution in [3.05, 3.63) is 28.5 Å². The highest BCUT2D eigenvalue weighted by atomic mass is 32.2. The maximum Gasteiger partial charge on any atom is 0.304 e. The first-order chi connectivity index (χ1) is 8.94. The van der Waals surface area contributed by atoms with Crippen LogP contribution in [-0.4, -0.2) is 25.5 Å². The number of hydrogen-bond acceptors (Lipinski definition) is 8. The molecule has 0 amide bonds. The lowest BCUT2D eigenvalue weighted by Gasteiger charge is -2.00. The SMILES string of the molecule is CNc1sc(S(=O)(=O)Nc2ccon2)cc1[N+](=O)[O-]. The molecule has 2 rings (SSSR count). The zero-order valence-electron chi connectivity index (χ0n) is 9.48. The molecule has 0 saturated heterocycles. The highest BCUT2D eigenvalue weighted by molar-refractivity contribution is 7.94. The average molecular weight is 304 g/mol. The largest absolute Gasteiger partial charge is 0.374 e. The van der Waals surface area contributed by atoms with Gasteiger partial charge in [-0.1, -0.05) is 16.5 Å². The van der Waals surface area contributed by atoms with Crippen LogP contribution in [0.15, 0.2) is 27.1 Å². The average Bonchev–Trinajstić information content (AvgIpc) is 2.95. The Balaban J connectivity index is 2.38. The monoisotopic (exact) mass is 304 g/mol. The van der Waals surface area contributed by atoms with E-state index in [0.29, 0.717) is 0 Å². The first-order valence-electron chi connectivity index (χ1n) is 4.83. The van der Waals surface area contributed by atoms with Crippen LogP contribution < -0.4 is 10.0 Å². The summed E-state index contributed by atoms with van der Waals surface area (Å²) in [5.41, 5.74) is -0.298. The Labute approximate surface area is 111 Å². The molecule has 0 spiro atoms. The molecule has 9 nitrogen and oxygen atoms in total. The molecule has 0 aliphatic rings. The second kappa shape index (κ2) is 4.85. The van der Waals surface area contributed by atoms with Crippen molar-refractivity contribution < 1.29 is 17.9 Å². The van der Waals surface area contributed by atoms with E-state index in [2.05, 4.69) is 19.7 Å². The lowest BCUT2D eigenvalue weighted by Crippen LogP contribution is -2.11. The van der Waals surface area contributed by atoms with Crippen LogP contribution >= 0.6 is 11.3 Å². The van der Waals surface area contributed by atoms with Gasteiger partial charge in [-0.25, -0.2) is 8.42 Å². The van der Waals surface area contributed by atoms with Gasteiger partial charge in [-0.15, -0.1) is 0 Å². The van der Waals surface area contributed by atoms with E-state index in [1.54, 1.807) is 0 Å². The van der Waals surface area contributed by atoms with Gasteiger partial charge in [-0.05, 0) is 0 Å². The number of sulfonamides is 1. The van der Waals surface area contributed by atoms with Crippen LogP contribution in [0, 0.1) is 10.1 Å². The van der Waals surface area contributed by atoms with Gasteiger partial charge in [0.25, 0.3) is 10.0 Å². The predicted molar refractivity (Wildman–Crippen MR) is 67.8 cm³/mol. The van der Waals surface area contributed by atoms with Gasteiger partial charge in [-0.3, -0.25) is 14.8 Å². The van der Waals surface area contributed by atoms with Crippen LogP contribution in [0.3, 0.4) is 0 Å². The fraction of sp³-hybridized carbons (Fsp3) is 0.125. The molecule has 0 fully saturated rings. The van der Waals surface area contributed by atoms with E-state index in [4.69, 9.17) is 0 Å². The molecule has 2 aromatic heterocycles. The van der Waals surface area contributed by atoms with Crippen molar-refractivity contribution >= 4 is 37.9 Å². The molecule has 0 unspecified atom stereocenters. The topological polar surface area (TPSA) is 127 Å². The molecule has 0 radical (unpaired) electrons. The van der Waals surface area contributed by atoms with Crippen LogP contribution in [0.5, 0.6) is 0 Å². The Morgan fingerprint density at radius 3 is 2.74 bits per heavy atom. The molecule has 0 aliphatic heterocycles. The van der Waals surface area contributed by atoms with E-state index in [-0.39, 0.29) is 20.7 Å². The van der Waals surface area contributed by atoms with Crippen molar-refractivity contribution in [2.75, 3.05) is 17.1 Å². The summed E-state index contributed by atoms with van der Waals surface area (Å²) < 4.78 is 30.4. The zero-order valence-corrected chi connectivity index (χ0v) is 11.1. The normalized spacial score (nSPS) is 11.2. The highest BCUT2D eigenvalue weighted by Crippen LogP contribution is 2.37. The summed E-state index contributed by atoms with van der Waals surface area (Å²) in [4.78, 5) is 10.1. The smallest absolute Gasteiger partial charge is 0.304 e. The first-order valence-corrected chi connectivity index (χ1v) is 7.13. The van der Waals surface area contributed by atoms with Gasteiger partial charge in [0.1, 0.15) is 10.5 Å². The number of nitro groups is 1. The Morgan fingerprint density at radius 1 is 1.53 bits per heavy atom. The van der Waals surface area contributed by atoms with E-state index in [9.17, 15) is 18.5 Å². The molecular formula is C8H8N4O5S2. The molecule has 102 valence electrons. The van der Waals surface area contributed by atoms with Gasteiger partial charge in [0.05, 0.1) is 4.92 Å². The fourth-order valence-corrected chi connectivity index (χ4v) is 3.53. The summed E-state index contributed by atoms with van der Waals surface area (Å²) in [6.45, 7) is 0. The molecule has 2 aromatic rings. The van der Waals surface area contributed by atoms with Crippen LogP contribution in [0.2, 0.25) is 0 Å². The second-order valence-electron chi connectivity index (χ2n) is 3.28. The van der Waals surface area contributed by atoms with E-state index >= 15 is 0 Å². The lowest BCUT2D eigenvalue weighted by atomic mass is 10.5. The molecule has 0 aliphatic carbocycles. The van der Waals surface area contributed by atoms with Gasteiger partial charge in [0.2, 0.25) is 0 Å². The summed E-state index contributed by atoms with van der Waals surface area (Å²) in [5, 5.41) is 16.9. The summed E-state index contributed by atoms with van der Waals surface area (Å²) >= 11 is 0.755. The quantitative estimate of drug-likeness (QED) is 0.632. The first kappa shape index (κ1) is 13.3. The molecule has 11 heteroatoms. The van der Waals surface area contributed by atoms with Gasteiger partial charge in [0, 0.05) is 19.2 Å². The number of rotatable bonds is 5. The van der Waals surface area contributed by atoms with Crippen LogP contribution in [0.4, 0.5) is 16.5 Å². The second-order valence-corrected chi connectivity index (χ2v) is 6.24. The summed E-state index contributed by atoms with van der Waals surface area (Å²) in [7, 11) is -2.45. The van der Waals surface area contributed by atoms with Crippen molar-refractivity contribution in [3.63, 3.8) is 0 Å². The van der Waals surface area contributed by atoms with Crippen molar-refractivity contribution in [2.24, 2.45) is 0 Å². The maximum absolute atomic E-state index is 12.0. The molecule has 0 atom stereocenters. The number of nitrogens with zero attached hydrogens (tertiary/aromatic N) is 2. The third-order valence-corrected chi connectivity index (χ3v) is 5.03. The number of aromatic nitrogens is 1. The molecule has 2 N–H and O–H groups in total. The minimum absolute atomic E-state index is 0.00191. The van der Waals surface area contributed by atoms with E-state index in [1.807, 2.05) is 0 Å². The predicted octanol–water partition coefficient (Wildman–Crippen LogP) is 1.49. The summed E-state index contributed by atoms with van der Waals surface area (Å²) in [6.07, 6.45) is 1.20. The molecule has 2 heterocycles. The molecular weight excluding hydrogens is 296 g/mol. The summed E-state index contributed by atoms with van der Waals surface area (Å²) in [5.74, 6) is 0.00191. The number of nitrogens with one attached hydrogen (secondary N) is 2. The minimum Gasteiger partial charge on any atom is -0.374 e. The Kier molecular flexibility index (Phi) is 3.40. The van der Waals surface area contributed by atoms with Gasteiger partial charge in [-0.2, -0.15) is 0 Å². The highest BCUT2D eigenvalue weighted by Gasteiger charge is 2.26. The maximum atomic E-state index is 12.0. The number of hydrogen-bond donors (Lipinski definition) is 2. The minimum atomic E-state index is -3.93. The van der Waals surface area contributed by atoms with Gasteiger partial charge < -0.3 is 9.84 Å². The van der Waals surface area contributed by atoms with Crippen molar-refractivity contribution in [1.82, 2.24) is 5.16 Å². The van der Waals surface area contributed by atoms with Crippen LogP contribution in [0.1, 0.15) is 0 Å². The molecule has 0 aromatic carbocycles. The van der Waals surface area contributed by atoms with Gasteiger partial charge in [0.15, 0.2) is 10.8 Å². The van der Waals surface area contributed by atoms with E-state index < -0.39 is 14.9 Å². The lowest BCUT2D eigenvalue weighted by molar-refractivity contribution is -0.383. The molecule has 0 saturated carbocycles. The zero-order chi connectivity index (χ0) is 14.0. The van der Waals surface area contributed by atoms with Gasteiger partial charge >= 0.3 is 5.69 Å². The summed E-state index contributed by atoms with van der Waals surface area (Å²) in [6, 6.07) is 2.30. The molecule has 0 bridgehead atoms. The van der Waals surface area contributed by atoms with E-state index in [0.717, 1.165) is 17.4 Å². The van der Waals surface area contributed by atoms with Crippen molar-refractivity contribution in [2.45, 2.75) is 4.21 Å². The molecule has 19 heavy (non-hydrogen) atoms. The number of thiophene rings is 1. The number of anilines is 2. The van der Waals surface area contributed by atoms with E-state index in [1.165, 1.54) is 19.4 Å². The van der Waals surface area contributed by atoms with Crippen LogP contribution in [0.25, 0.3) is 0 Å². The van der Waals surface area contributed by atoms with Crippen molar-refractivity contribution in [3.8, 4) is 0 Å². The Hall–Kier alpha value is -2.14. The third-order valence-electron chi connectivity index (χ3n) is 2.06. The van der Waals surface area contributed by atoms with Crippen molar-refractivity contribution in [1.29, 1.82) is 0 Å². The third kappa shape index (κ3) is 2.66. The fourth-order valence-electron chi connectivity index (χ4n) is 1.26.